The molecule has 1 amide bonds. The normalized spacial score (nSPS) is 12.1. The monoisotopic (exact) mass is 504 g/mol. The molecule has 1 aromatic carbocycles. The highest BCUT2D eigenvalue weighted by Gasteiger charge is 2.09. The molecule has 0 saturated carbocycles. The van der Waals surface area contributed by atoms with Crippen LogP contribution in [0, 0.1) is 5.92 Å². The summed E-state index contributed by atoms with van der Waals surface area (Å²) in [7, 11) is 3.52. The summed E-state index contributed by atoms with van der Waals surface area (Å²) in [6.45, 7) is 6.68. The van der Waals surface area contributed by atoms with E-state index < -0.39 is 0 Å². The lowest BCUT2D eigenvalue weighted by Crippen LogP contribution is -2.38. The van der Waals surface area contributed by atoms with Crippen molar-refractivity contribution in [1.29, 1.82) is 0 Å². The Hall–Kier alpha value is -1.35. The molecule has 0 aliphatic rings. The van der Waals surface area contributed by atoms with Crippen LogP contribution in [0.2, 0.25) is 0 Å². The lowest BCUT2D eigenvalue weighted by Gasteiger charge is -2.15. The molecule has 0 bridgehead atoms. The van der Waals surface area contributed by atoms with Gasteiger partial charge in [0.25, 0.3) is 5.91 Å². The third kappa shape index (κ3) is 10.3. The fourth-order valence-corrected chi connectivity index (χ4v) is 2.92. The van der Waals surface area contributed by atoms with Crippen molar-refractivity contribution in [3.63, 3.8) is 0 Å². The number of halogens is 1. The first-order chi connectivity index (χ1) is 13.0. The van der Waals surface area contributed by atoms with Gasteiger partial charge in [0.2, 0.25) is 0 Å². The quantitative estimate of drug-likeness (QED) is 0.246. The molecule has 1 aromatic rings. The number of carbonyl (C=O) groups excluding carboxylic acids is 1. The third-order valence-corrected chi connectivity index (χ3v) is 4.37. The molecule has 1 rings (SSSR count). The fourth-order valence-electron chi connectivity index (χ4n) is 2.92. The average Bonchev–Trinajstić information content (AvgIpc) is 2.65. The number of nitrogens with one attached hydrogen (secondary N) is 2. The van der Waals surface area contributed by atoms with E-state index in [1.807, 2.05) is 31.2 Å². The smallest absolute Gasteiger partial charge is 0.253 e. The van der Waals surface area contributed by atoms with Crippen LogP contribution >= 0.6 is 24.0 Å². The SMILES string of the molecule is CCCC(CCO)CN=C(NCC)NCCc1cccc(C(=O)N(C)C)c1.I. The second-order valence-electron chi connectivity index (χ2n) is 6.96. The molecule has 7 heteroatoms. The lowest BCUT2D eigenvalue weighted by atomic mass is 10.0. The Morgan fingerprint density at radius 2 is 1.96 bits per heavy atom. The summed E-state index contributed by atoms with van der Waals surface area (Å²) in [5, 5.41) is 15.8. The van der Waals surface area contributed by atoms with Gasteiger partial charge in [0.15, 0.2) is 5.96 Å². The maximum absolute atomic E-state index is 12.1. The Balaban J connectivity index is 0.00000729. The Labute approximate surface area is 187 Å². The predicted octanol–water partition coefficient (Wildman–Crippen LogP) is 2.90. The number of aliphatic hydroxyl groups excluding tert-OH is 1. The van der Waals surface area contributed by atoms with Gasteiger partial charge in [-0.25, -0.2) is 0 Å². The Morgan fingerprint density at radius 1 is 1.21 bits per heavy atom. The van der Waals surface area contributed by atoms with Crippen LogP contribution in [-0.2, 0) is 6.42 Å². The number of nitrogens with zero attached hydrogens (tertiary/aromatic N) is 2. The maximum Gasteiger partial charge on any atom is 0.253 e. The summed E-state index contributed by atoms with van der Waals surface area (Å²) < 4.78 is 0. The molecule has 3 N–H and O–H groups in total. The van der Waals surface area contributed by atoms with Crippen molar-refractivity contribution in [2.24, 2.45) is 10.9 Å². The van der Waals surface area contributed by atoms with Gasteiger partial charge in [-0.2, -0.15) is 0 Å². The summed E-state index contributed by atoms with van der Waals surface area (Å²) in [6, 6.07) is 7.76. The number of hydrogen-bond acceptors (Lipinski definition) is 3. The van der Waals surface area contributed by atoms with Crippen LogP contribution in [0.15, 0.2) is 29.3 Å². The van der Waals surface area contributed by atoms with E-state index in [4.69, 9.17) is 0 Å². The number of guanidine groups is 1. The molecule has 0 aliphatic carbocycles. The molecular formula is C21H37IN4O2. The minimum Gasteiger partial charge on any atom is -0.396 e. The summed E-state index contributed by atoms with van der Waals surface area (Å²) in [5.74, 6) is 1.24. The molecule has 28 heavy (non-hydrogen) atoms. The molecule has 1 atom stereocenters. The van der Waals surface area contributed by atoms with Crippen molar-refractivity contribution in [2.75, 3.05) is 40.3 Å². The van der Waals surface area contributed by atoms with Gasteiger partial charge in [-0.15, -0.1) is 24.0 Å². The van der Waals surface area contributed by atoms with Gasteiger partial charge >= 0.3 is 0 Å². The van der Waals surface area contributed by atoms with Crippen LogP contribution in [0.1, 0.15) is 49.0 Å². The lowest BCUT2D eigenvalue weighted by molar-refractivity contribution is 0.0827. The number of aliphatic imine (C=N–C) groups is 1. The molecule has 6 nitrogen and oxygen atoms in total. The minimum atomic E-state index is 0. The number of amides is 1. The number of hydrogen-bond donors (Lipinski definition) is 3. The van der Waals surface area contributed by atoms with E-state index in [9.17, 15) is 9.90 Å². The van der Waals surface area contributed by atoms with Crippen LogP contribution in [0.4, 0.5) is 0 Å². The van der Waals surface area contributed by atoms with E-state index >= 15 is 0 Å². The van der Waals surface area contributed by atoms with Gasteiger partial charge in [-0.05, 0) is 49.8 Å². The van der Waals surface area contributed by atoms with E-state index in [1.165, 1.54) is 0 Å². The zero-order valence-corrected chi connectivity index (χ0v) is 20.0. The van der Waals surface area contributed by atoms with Crippen molar-refractivity contribution in [2.45, 2.75) is 39.5 Å². The first-order valence-electron chi connectivity index (χ1n) is 9.95. The number of carbonyl (C=O) groups is 1. The van der Waals surface area contributed by atoms with Crippen molar-refractivity contribution < 1.29 is 9.90 Å². The average molecular weight is 504 g/mol. The van der Waals surface area contributed by atoms with Crippen LogP contribution in [-0.4, -0.2) is 62.2 Å². The first kappa shape index (κ1) is 26.6. The standard InChI is InChI=1S/C21H36N4O2.HI/c1-5-8-18(12-14-26)16-24-21(22-6-2)23-13-11-17-9-7-10-19(15-17)20(27)25(3)4;/h7,9-10,15,18,26H,5-6,8,11-14,16H2,1-4H3,(H2,22,23,24);1H. The van der Waals surface area contributed by atoms with Crippen LogP contribution < -0.4 is 10.6 Å². The molecule has 1 unspecified atom stereocenters. The van der Waals surface area contributed by atoms with Crippen LogP contribution in [0.3, 0.4) is 0 Å². The van der Waals surface area contributed by atoms with E-state index in [1.54, 1.807) is 19.0 Å². The topological polar surface area (TPSA) is 77.0 Å². The van der Waals surface area contributed by atoms with Crippen molar-refractivity contribution >= 4 is 35.8 Å². The fraction of sp³-hybridized carbons (Fsp3) is 0.619. The Bertz CT molecular complexity index is 588. The molecule has 0 aromatic heterocycles. The maximum atomic E-state index is 12.1. The van der Waals surface area contributed by atoms with Gasteiger partial charge in [0.1, 0.15) is 0 Å². The zero-order valence-electron chi connectivity index (χ0n) is 17.7. The molecule has 0 fully saturated rings. The van der Waals surface area contributed by atoms with E-state index in [2.05, 4.69) is 22.5 Å². The summed E-state index contributed by atoms with van der Waals surface area (Å²) in [6.07, 6.45) is 3.79. The largest absolute Gasteiger partial charge is 0.396 e. The van der Waals surface area contributed by atoms with E-state index in [-0.39, 0.29) is 36.5 Å². The zero-order chi connectivity index (χ0) is 20.1. The van der Waals surface area contributed by atoms with Crippen LogP contribution in [0.25, 0.3) is 0 Å². The number of rotatable bonds is 11. The van der Waals surface area contributed by atoms with E-state index in [0.717, 1.165) is 56.8 Å². The Kier molecular flexibility index (Phi) is 14.8. The molecule has 160 valence electrons. The molecule has 0 radical (unpaired) electrons. The molecule has 0 saturated heterocycles. The first-order valence-corrected chi connectivity index (χ1v) is 9.95. The van der Waals surface area contributed by atoms with Crippen molar-refractivity contribution in [1.82, 2.24) is 15.5 Å². The van der Waals surface area contributed by atoms with Gasteiger partial charge in [-0.3, -0.25) is 9.79 Å². The highest BCUT2D eigenvalue weighted by atomic mass is 127. The highest BCUT2D eigenvalue weighted by molar-refractivity contribution is 14.0. The summed E-state index contributed by atoms with van der Waals surface area (Å²) >= 11 is 0. The molecule has 0 spiro atoms. The van der Waals surface area contributed by atoms with Gasteiger partial charge < -0.3 is 20.6 Å². The second kappa shape index (κ2) is 15.6. The van der Waals surface area contributed by atoms with Crippen molar-refractivity contribution in [3.8, 4) is 0 Å². The minimum absolute atomic E-state index is 0. The van der Waals surface area contributed by atoms with Crippen LogP contribution in [0.5, 0.6) is 0 Å². The summed E-state index contributed by atoms with van der Waals surface area (Å²) in [4.78, 5) is 18.3. The van der Waals surface area contributed by atoms with Gasteiger partial charge in [0.05, 0.1) is 0 Å². The van der Waals surface area contributed by atoms with Crippen molar-refractivity contribution in [3.05, 3.63) is 35.4 Å². The number of benzene rings is 1. The Morgan fingerprint density at radius 3 is 2.57 bits per heavy atom. The highest BCUT2D eigenvalue weighted by Crippen LogP contribution is 2.11. The summed E-state index contributed by atoms with van der Waals surface area (Å²) in [5.41, 5.74) is 1.83. The van der Waals surface area contributed by atoms with Gasteiger partial charge in [-0.1, -0.05) is 25.5 Å². The second-order valence-corrected chi connectivity index (χ2v) is 6.96. The number of aliphatic hydroxyl groups is 1. The third-order valence-electron chi connectivity index (χ3n) is 4.37. The molecular weight excluding hydrogens is 467 g/mol. The molecule has 0 heterocycles. The van der Waals surface area contributed by atoms with E-state index in [0.29, 0.717) is 11.5 Å². The van der Waals surface area contributed by atoms with Gasteiger partial charge in [0, 0.05) is 45.9 Å². The molecule has 0 aliphatic heterocycles. The predicted molar refractivity (Wildman–Crippen MR) is 128 cm³/mol.